The van der Waals surface area contributed by atoms with Gasteiger partial charge in [0, 0.05) is 32.3 Å². The highest BCUT2D eigenvalue weighted by Gasteiger charge is 2.23. The van der Waals surface area contributed by atoms with Gasteiger partial charge in [-0.05, 0) is 33.1 Å². The van der Waals surface area contributed by atoms with Crippen molar-refractivity contribution in [1.82, 2.24) is 10.3 Å². The summed E-state index contributed by atoms with van der Waals surface area (Å²) >= 11 is 0. The Kier molecular flexibility index (Phi) is 7.76. The Bertz CT molecular complexity index is 239. The molecular formula is C13H28N4O. The Labute approximate surface area is 111 Å². The summed E-state index contributed by atoms with van der Waals surface area (Å²) in [7, 11) is 0. The van der Waals surface area contributed by atoms with Crippen LogP contribution in [0, 0.1) is 0 Å². The van der Waals surface area contributed by atoms with Crippen molar-refractivity contribution >= 4 is 5.96 Å². The maximum Gasteiger partial charge on any atom is 0.208 e. The summed E-state index contributed by atoms with van der Waals surface area (Å²) in [6, 6.07) is 0.608. The molecule has 0 radical (unpaired) electrons. The maximum absolute atomic E-state index is 5.60. The quantitative estimate of drug-likeness (QED) is 0.238. The molecule has 18 heavy (non-hydrogen) atoms. The molecule has 1 aliphatic rings. The molecular weight excluding hydrogens is 228 g/mol. The molecule has 1 rings (SSSR count). The van der Waals surface area contributed by atoms with Gasteiger partial charge in [0.05, 0.1) is 0 Å². The summed E-state index contributed by atoms with van der Waals surface area (Å²) in [5.74, 6) is 6.44. The fourth-order valence-electron chi connectivity index (χ4n) is 2.51. The minimum absolute atomic E-state index is 0.608. The fraction of sp³-hybridized carbons (Fsp3) is 0.923. The lowest BCUT2D eigenvalue weighted by Gasteiger charge is -2.30. The molecule has 0 spiro atoms. The summed E-state index contributed by atoms with van der Waals surface area (Å²) in [6.45, 7) is 7.44. The van der Waals surface area contributed by atoms with Gasteiger partial charge in [0.15, 0.2) is 0 Å². The third kappa shape index (κ3) is 4.82. The molecule has 1 fully saturated rings. The SMILES string of the molecule is CCOCCCN=C(NN)N(CC)C1CCCC1. The highest BCUT2D eigenvalue weighted by Crippen LogP contribution is 2.23. The molecule has 0 atom stereocenters. The maximum atomic E-state index is 5.60. The molecule has 0 amide bonds. The molecule has 0 saturated heterocycles. The van der Waals surface area contributed by atoms with Crippen LogP contribution >= 0.6 is 0 Å². The number of hydrogen-bond donors (Lipinski definition) is 2. The van der Waals surface area contributed by atoms with Crippen LogP contribution < -0.4 is 11.3 Å². The monoisotopic (exact) mass is 256 g/mol. The second kappa shape index (κ2) is 9.16. The number of ether oxygens (including phenoxy) is 1. The summed E-state index contributed by atoms with van der Waals surface area (Å²) in [4.78, 5) is 6.86. The normalized spacial score (nSPS) is 17.2. The van der Waals surface area contributed by atoms with Crippen molar-refractivity contribution in [3.63, 3.8) is 0 Å². The molecule has 0 aliphatic heterocycles. The van der Waals surface area contributed by atoms with Gasteiger partial charge in [0.25, 0.3) is 0 Å². The van der Waals surface area contributed by atoms with Gasteiger partial charge in [-0.1, -0.05) is 12.8 Å². The third-order valence-corrected chi connectivity index (χ3v) is 3.42. The summed E-state index contributed by atoms with van der Waals surface area (Å²) in [5, 5.41) is 0. The van der Waals surface area contributed by atoms with E-state index >= 15 is 0 Å². The van der Waals surface area contributed by atoms with Crippen molar-refractivity contribution in [2.45, 2.75) is 52.0 Å². The van der Waals surface area contributed by atoms with Gasteiger partial charge in [-0.3, -0.25) is 10.4 Å². The van der Waals surface area contributed by atoms with Crippen LogP contribution in [0.15, 0.2) is 4.99 Å². The first kappa shape index (κ1) is 15.2. The van der Waals surface area contributed by atoms with Crippen LogP contribution in [-0.2, 0) is 4.74 Å². The number of nitrogens with zero attached hydrogens (tertiary/aromatic N) is 2. The van der Waals surface area contributed by atoms with E-state index in [0.29, 0.717) is 6.04 Å². The predicted octanol–water partition coefficient (Wildman–Crippen LogP) is 1.50. The lowest BCUT2D eigenvalue weighted by atomic mass is 10.2. The molecule has 3 N–H and O–H groups in total. The Morgan fingerprint density at radius 2 is 2.11 bits per heavy atom. The lowest BCUT2D eigenvalue weighted by Crippen LogP contribution is -2.49. The molecule has 0 unspecified atom stereocenters. The van der Waals surface area contributed by atoms with Crippen LogP contribution in [0.25, 0.3) is 0 Å². The zero-order valence-electron chi connectivity index (χ0n) is 11.8. The molecule has 5 heteroatoms. The van der Waals surface area contributed by atoms with Gasteiger partial charge in [-0.25, -0.2) is 5.84 Å². The smallest absolute Gasteiger partial charge is 0.208 e. The Morgan fingerprint density at radius 3 is 2.67 bits per heavy atom. The third-order valence-electron chi connectivity index (χ3n) is 3.42. The highest BCUT2D eigenvalue weighted by atomic mass is 16.5. The number of aliphatic imine (C=N–C) groups is 1. The van der Waals surface area contributed by atoms with E-state index in [1.165, 1.54) is 25.7 Å². The first-order chi connectivity index (χ1) is 8.83. The summed E-state index contributed by atoms with van der Waals surface area (Å²) in [6.07, 6.45) is 6.11. The van der Waals surface area contributed by atoms with E-state index in [4.69, 9.17) is 10.6 Å². The highest BCUT2D eigenvalue weighted by molar-refractivity contribution is 5.79. The largest absolute Gasteiger partial charge is 0.382 e. The summed E-state index contributed by atoms with van der Waals surface area (Å²) < 4.78 is 5.30. The molecule has 0 aromatic carbocycles. The number of guanidine groups is 1. The van der Waals surface area contributed by atoms with Crippen LogP contribution in [0.4, 0.5) is 0 Å². The zero-order chi connectivity index (χ0) is 13.2. The summed E-state index contributed by atoms with van der Waals surface area (Å²) in [5.41, 5.74) is 2.76. The Morgan fingerprint density at radius 1 is 1.39 bits per heavy atom. The van der Waals surface area contributed by atoms with Crippen molar-refractivity contribution in [3.8, 4) is 0 Å². The van der Waals surface area contributed by atoms with Crippen LogP contribution in [-0.4, -0.2) is 43.2 Å². The van der Waals surface area contributed by atoms with Crippen molar-refractivity contribution in [1.29, 1.82) is 0 Å². The van der Waals surface area contributed by atoms with Gasteiger partial charge in [0.2, 0.25) is 5.96 Å². The number of nitrogens with one attached hydrogen (secondary N) is 1. The van der Waals surface area contributed by atoms with Crippen molar-refractivity contribution in [2.75, 3.05) is 26.3 Å². The molecule has 0 heterocycles. The van der Waals surface area contributed by atoms with Gasteiger partial charge in [-0.2, -0.15) is 0 Å². The van der Waals surface area contributed by atoms with Crippen LogP contribution in [0.2, 0.25) is 0 Å². The van der Waals surface area contributed by atoms with E-state index in [1.54, 1.807) is 0 Å². The van der Waals surface area contributed by atoms with Crippen LogP contribution in [0.3, 0.4) is 0 Å². The first-order valence-corrected chi connectivity index (χ1v) is 7.18. The fourth-order valence-corrected chi connectivity index (χ4v) is 2.51. The van der Waals surface area contributed by atoms with Crippen molar-refractivity contribution in [2.24, 2.45) is 10.8 Å². The minimum Gasteiger partial charge on any atom is -0.382 e. The molecule has 0 bridgehead atoms. The van der Waals surface area contributed by atoms with Crippen LogP contribution in [0.5, 0.6) is 0 Å². The average molecular weight is 256 g/mol. The average Bonchev–Trinajstić information content (AvgIpc) is 2.91. The van der Waals surface area contributed by atoms with E-state index in [-0.39, 0.29) is 0 Å². The van der Waals surface area contributed by atoms with Crippen molar-refractivity contribution < 1.29 is 4.74 Å². The van der Waals surface area contributed by atoms with Crippen LogP contribution in [0.1, 0.15) is 46.0 Å². The number of nitrogens with two attached hydrogens (primary N) is 1. The van der Waals surface area contributed by atoms with E-state index in [2.05, 4.69) is 22.2 Å². The Balaban J connectivity index is 2.42. The van der Waals surface area contributed by atoms with E-state index in [0.717, 1.165) is 38.7 Å². The molecule has 1 aliphatic carbocycles. The van der Waals surface area contributed by atoms with E-state index < -0.39 is 0 Å². The van der Waals surface area contributed by atoms with Crippen molar-refractivity contribution in [3.05, 3.63) is 0 Å². The first-order valence-electron chi connectivity index (χ1n) is 7.18. The van der Waals surface area contributed by atoms with Gasteiger partial charge in [0.1, 0.15) is 0 Å². The molecule has 0 aromatic heterocycles. The molecule has 5 nitrogen and oxygen atoms in total. The Hall–Kier alpha value is -0.810. The number of rotatable bonds is 7. The topological polar surface area (TPSA) is 62.9 Å². The van der Waals surface area contributed by atoms with E-state index in [1.807, 2.05) is 6.92 Å². The lowest BCUT2D eigenvalue weighted by molar-refractivity contribution is 0.146. The van der Waals surface area contributed by atoms with Gasteiger partial charge < -0.3 is 9.64 Å². The molecule has 1 saturated carbocycles. The molecule has 106 valence electrons. The zero-order valence-corrected chi connectivity index (χ0v) is 11.8. The second-order valence-electron chi connectivity index (χ2n) is 4.62. The minimum atomic E-state index is 0.608. The number of hydrazine groups is 1. The molecule has 0 aromatic rings. The number of hydrogen-bond acceptors (Lipinski definition) is 3. The van der Waals surface area contributed by atoms with E-state index in [9.17, 15) is 0 Å². The predicted molar refractivity (Wildman–Crippen MR) is 75.4 cm³/mol. The standard InChI is InChI=1S/C13H28N4O/c1-3-17(12-8-5-6-9-12)13(16-14)15-10-7-11-18-4-2/h12H,3-11,14H2,1-2H3,(H,15,16). The second-order valence-corrected chi connectivity index (χ2v) is 4.62. The van der Waals surface area contributed by atoms with Gasteiger partial charge >= 0.3 is 0 Å². The van der Waals surface area contributed by atoms with Gasteiger partial charge in [-0.15, -0.1) is 0 Å².